The minimum atomic E-state index is -3.68. The Hall–Kier alpha value is -1.05. The van der Waals surface area contributed by atoms with Gasteiger partial charge in [0, 0.05) is 14.6 Å². The quantitative estimate of drug-likeness (QED) is 0.741. The second-order valence-electron chi connectivity index (χ2n) is 4.28. The minimum Gasteiger partial charge on any atom is -0.399 e. The lowest BCUT2D eigenvalue weighted by Gasteiger charge is -2.12. The number of hydrogen-bond donors (Lipinski definition) is 2. The maximum absolute atomic E-state index is 12.3. The van der Waals surface area contributed by atoms with Crippen molar-refractivity contribution in [1.82, 2.24) is 0 Å². The lowest BCUT2D eigenvalue weighted by molar-refractivity contribution is 0.601. The highest BCUT2D eigenvalue weighted by Gasteiger charge is 2.17. The van der Waals surface area contributed by atoms with Crippen LogP contribution in [0.3, 0.4) is 0 Å². The molecule has 0 saturated heterocycles. The van der Waals surface area contributed by atoms with E-state index in [1.807, 2.05) is 19.1 Å². The highest BCUT2D eigenvalue weighted by atomic mass is 79.9. The molecule has 0 heterocycles. The number of sulfonamides is 1. The van der Waals surface area contributed by atoms with Crippen LogP contribution in [0.4, 0.5) is 11.4 Å². The van der Waals surface area contributed by atoms with E-state index in [-0.39, 0.29) is 4.90 Å². The third-order valence-electron chi connectivity index (χ3n) is 2.59. The third kappa shape index (κ3) is 3.34. The summed E-state index contributed by atoms with van der Waals surface area (Å²) in [4.78, 5) is 0.122. The van der Waals surface area contributed by atoms with Crippen LogP contribution < -0.4 is 10.5 Å². The van der Waals surface area contributed by atoms with E-state index in [1.165, 1.54) is 12.1 Å². The van der Waals surface area contributed by atoms with E-state index < -0.39 is 10.0 Å². The van der Waals surface area contributed by atoms with Crippen LogP contribution in [0.2, 0.25) is 0 Å². The monoisotopic (exact) mass is 418 g/mol. The van der Waals surface area contributed by atoms with Crippen LogP contribution in [0.15, 0.2) is 50.2 Å². The zero-order chi connectivity index (χ0) is 14.9. The summed E-state index contributed by atoms with van der Waals surface area (Å²) >= 11 is 6.71. The average Bonchev–Trinajstić information content (AvgIpc) is 2.34. The van der Waals surface area contributed by atoms with Crippen molar-refractivity contribution < 1.29 is 8.42 Å². The minimum absolute atomic E-state index is 0.122. The molecule has 4 nitrogen and oxygen atoms in total. The maximum Gasteiger partial charge on any atom is 0.262 e. The van der Waals surface area contributed by atoms with Crippen molar-refractivity contribution in [1.29, 1.82) is 0 Å². The number of hydrogen-bond acceptors (Lipinski definition) is 3. The van der Waals surface area contributed by atoms with Gasteiger partial charge in [-0.3, -0.25) is 4.72 Å². The van der Waals surface area contributed by atoms with Crippen molar-refractivity contribution in [3.63, 3.8) is 0 Å². The molecule has 0 aliphatic heterocycles. The molecular weight excluding hydrogens is 408 g/mol. The molecule has 106 valence electrons. The molecule has 0 saturated carbocycles. The molecule has 0 fully saturated rings. The molecule has 20 heavy (non-hydrogen) atoms. The fraction of sp³-hybridized carbons (Fsp3) is 0.0769. The molecule has 3 N–H and O–H groups in total. The molecule has 0 bridgehead atoms. The van der Waals surface area contributed by atoms with E-state index in [1.54, 1.807) is 12.1 Å². The topological polar surface area (TPSA) is 72.2 Å². The van der Waals surface area contributed by atoms with Crippen LogP contribution in [0.5, 0.6) is 0 Å². The highest BCUT2D eigenvalue weighted by molar-refractivity contribution is 9.11. The number of nitrogens with two attached hydrogens (primary N) is 1. The Labute approximate surface area is 134 Å². The van der Waals surface area contributed by atoms with Crippen LogP contribution in [0, 0.1) is 6.92 Å². The predicted octanol–water partition coefficient (Wildman–Crippen LogP) is 3.90. The first-order valence-corrected chi connectivity index (χ1v) is 8.70. The lowest BCUT2D eigenvalue weighted by atomic mass is 10.2. The molecule has 2 aromatic rings. The normalized spacial score (nSPS) is 11.3. The Balaban J connectivity index is 2.44. The number of aryl methyl sites for hydroxylation is 1. The summed E-state index contributed by atoms with van der Waals surface area (Å²) in [7, 11) is -3.68. The van der Waals surface area contributed by atoms with Gasteiger partial charge in [-0.15, -0.1) is 0 Å². The van der Waals surface area contributed by atoms with Crippen LogP contribution in [0.25, 0.3) is 0 Å². The number of nitrogens with one attached hydrogen (secondary N) is 1. The number of halogens is 2. The van der Waals surface area contributed by atoms with Crippen LogP contribution in [-0.4, -0.2) is 8.42 Å². The molecule has 0 aromatic heterocycles. The van der Waals surface area contributed by atoms with E-state index in [9.17, 15) is 8.42 Å². The van der Waals surface area contributed by atoms with E-state index in [0.717, 1.165) is 5.56 Å². The van der Waals surface area contributed by atoms with Gasteiger partial charge in [0.05, 0.1) is 10.6 Å². The van der Waals surface area contributed by atoms with Gasteiger partial charge in [0.2, 0.25) is 0 Å². The van der Waals surface area contributed by atoms with E-state index in [0.29, 0.717) is 20.3 Å². The smallest absolute Gasteiger partial charge is 0.262 e. The fourth-order valence-corrected chi connectivity index (χ4v) is 4.70. The first-order chi connectivity index (χ1) is 9.29. The fourth-order valence-electron chi connectivity index (χ4n) is 1.67. The summed E-state index contributed by atoms with van der Waals surface area (Å²) in [5.74, 6) is 0. The first kappa shape index (κ1) is 15.3. The van der Waals surface area contributed by atoms with Crippen molar-refractivity contribution in [3.05, 3.63) is 50.9 Å². The SMILES string of the molecule is Cc1cc(Br)c(NS(=O)(=O)c2cccc(N)c2)c(Br)c1. The zero-order valence-electron chi connectivity index (χ0n) is 10.5. The number of nitrogen functional groups attached to an aromatic ring is 1. The van der Waals surface area contributed by atoms with Gasteiger partial charge in [-0.05, 0) is 74.7 Å². The first-order valence-electron chi connectivity index (χ1n) is 5.63. The van der Waals surface area contributed by atoms with Gasteiger partial charge in [-0.25, -0.2) is 8.42 Å². The van der Waals surface area contributed by atoms with Crippen molar-refractivity contribution in [2.24, 2.45) is 0 Å². The third-order valence-corrected chi connectivity index (χ3v) is 5.19. The van der Waals surface area contributed by atoms with Crippen molar-refractivity contribution in [3.8, 4) is 0 Å². The van der Waals surface area contributed by atoms with Gasteiger partial charge in [0.1, 0.15) is 0 Å². The standard InChI is InChI=1S/C13H12Br2N2O2S/c1-8-5-11(14)13(12(15)6-8)17-20(18,19)10-4-2-3-9(16)7-10/h2-7,17H,16H2,1H3. The molecule has 0 unspecified atom stereocenters. The Morgan fingerprint density at radius 1 is 1.10 bits per heavy atom. The van der Waals surface area contributed by atoms with E-state index >= 15 is 0 Å². The molecule has 0 atom stereocenters. The average molecular weight is 420 g/mol. The molecule has 0 spiro atoms. The molecular formula is C13H12Br2N2O2S. The molecule has 0 radical (unpaired) electrons. The molecule has 7 heteroatoms. The molecule has 2 rings (SSSR count). The zero-order valence-corrected chi connectivity index (χ0v) is 14.5. The van der Waals surface area contributed by atoms with Gasteiger partial charge in [-0.1, -0.05) is 6.07 Å². The Bertz CT molecular complexity index is 738. The van der Waals surface area contributed by atoms with E-state index in [4.69, 9.17) is 5.73 Å². The maximum atomic E-state index is 12.3. The van der Waals surface area contributed by atoms with Gasteiger partial charge in [-0.2, -0.15) is 0 Å². The summed E-state index contributed by atoms with van der Waals surface area (Å²) in [5, 5.41) is 0. The summed E-state index contributed by atoms with van der Waals surface area (Å²) in [5.41, 5.74) is 7.48. The van der Waals surface area contributed by atoms with Crippen LogP contribution >= 0.6 is 31.9 Å². The summed E-state index contributed by atoms with van der Waals surface area (Å²) in [6.07, 6.45) is 0. The highest BCUT2D eigenvalue weighted by Crippen LogP contribution is 2.34. The summed E-state index contributed by atoms with van der Waals surface area (Å²) < 4.78 is 28.5. The van der Waals surface area contributed by atoms with Gasteiger partial charge in [0.15, 0.2) is 0 Å². The molecule has 0 aliphatic carbocycles. The Morgan fingerprint density at radius 2 is 1.70 bits per heavy atom. The van der Waals surface area contributed by atoms with Crippen LogP contribution in [-0.2, 0) is 10.0 Å². The molecule has 0 aliphatic rings. The molecule has 0 amide bonds. The lowest BCUT2D eigenvalue weighted by Crippen LogP contribution is -2.14. The van der Waals surface area contributed by atoms with E-state index in [2.05, 4.69) is 36.6 Å². The van der Waals surface area contributed by atoms with Crippen molar-refractivity contribution in [2.45, 2.75) is 11.8 Å². The summed E-state index contributed by atoms with van der Waals surface area (Å²) in [6, 6.07) is 9.82. The number of rotatable bonds is 3. The second-order valence-corrected chi connectivity index (χ2v) is 7.67. The predicted molar refractivity (Wildman–Crippen MR) is 88.2 cm³/mol. The van der Waals surface area contributed by atoms with Gasteiger partial charge in [0.25, 0.3) is 10.0 Å². The number of anilines is 2. The van der Waals surface area contributed by atoms with Gasteiger partial charge < -0.3 is 5.73 Å². The molecule has 2 aromatic carbocycles. The van der Waals surface area contributed by atoms with Crippen molar-refractivity contribution >= 4 is 53.3 Å². The largest absolute Gasteiger partial charge is 0.399 e. The Kier molecular flexibility index (Phi) is 4.41. The number of benzene rings is 2. The van der Waals surface area contributed by atoms with Crippen molar-refractivity contribution in [2.75, 3.05) is 10.5 Å². The summed E-state index contributed by atoms with van der Waals surface area (Å²) in [6.45, 7) is 1.92. The second kappa shape index (κ2) is 5.75. The van der Waals surface area contributed by atoms with Crippen LogP contribution in [0.1, 0.15) is 5.56 Å². The Morgan fingerprint density at radius 3 is 2.25 bits per heavy atom. The van der Waals surface area contributed by atoms with Gasteiger partial charge >= 0.3 is 0 Å².